The summed E-state index contributed by atoms with van der Waals surface area (Å²) in [4.78, 5) is 32.2. The van der Waals surface area contributed by atoms with Crippen LogP contribution in [0.3, 0.4) is 0 Å². The predicted molar refractivity (Wildman–Crippen MR) is 110 cm³/mol. The van der Waals surface area contributed by atoms with Gasteiger partial charge in [-0.15, -0.1) is 0 Å². The van der Waals surface area contributed by atoms with E-state index in [1.807, 2.05) is 11.1 Å². The van der Waals surface area contributed by atoms with Gasteiger partial charge in [0, 0.05) is 32.1 Å². The zero-order chi connectivity index (χ0) is 20.0. The van der Waals surface area contributed by atoms with Crippen molar-refractivity contribution >= 4 is 11.8 Å². The Bertz CT molecular complexity index is 772. The molecule has 4 heterocycles. The summed E-state index contributed by atoms with van der Waals surface area (Å²) in [5.74, 6) is 0.967. The lowest BCUT2D eigenvalue weighted by Crippen LogP contribution is -2.47. The number of aromatic nitrogens is 2. The molecular formula is C22H33N5O2. The molecule has 1 atom stereocenters. The molecule has 0 N–H and O–H groups in total. The summed E-state index contributed by atoms with van der Waals surface area (Å²) in [5, 5.41) is 4.71. The lowest BCUT2D eigenvalue weighted by molar-refractivity contribution is -0.136. The largest absolute Gasteiger partial charge is 0.341 e. The lowest BCUT2D eigenvalue weighted by Gasteiger charge is -2.35. The minimum absolute atomic E-state index is 0.0722. The van der Waals surface area contributed by atoms with Crippen molar-refractivity contribution in [3.05, 3.63) is 17.5 Å². The van der Waals surface area contributed by atoms with Gasteiger partial charge in [0.1, 0.15) is 0 Å². The fourth-order valence-electron chi connectivity index (χ4n) is 5.45. The number of piperidine rings is 1. The Hall–Kier alpha value is -1.89. The van der Waals surface area contributed by atoms with Gasteiger partial charge in [0.15, 0.2) is 0 Å². The molecule has 1 aromatic heterocycles. The zero-order valence-electron chi connectivity index (χ0n) is 17.6. The molecule has 0 aromatic carbocycles. The van der Waals surface area contributed by atoms with Crippen molar-refractivity contribution in [2.24, 2.45) is 0 Å². The quantitative estimate of drug-likeness (QED) is 0.779. The molecule has 29 heavy (non-hydrogen) atoms. The van der Waals surface area contributed by atoms with Crippen molar-refractivity contribution in [3.63, 3.8) is 0 Å². The highest BCUT2D eigenvalue weighted by atomic mass is 16.2. The first-order valence-electron chi connectivity index (χ1n) is 11.5. The van der Waals surface area contributed by atoms with E-state index in [2.05, 4.69) is 21.5 Å². The topological polar surface area (TPSA) is 61.7 Å². The first kappa shape index (κ1) is 19.1. The van der Waals surface area contributed by atoms with E-state index >= 15 is 0 Å². The van der Waals surface area contributed by atoms with Gasteiger partial charge in [-0.25, -0.2) is 0 Å². The third-order valence-corrected chi connectivity index (χ3v) is 7.35. The van der Waals surface area contributed by atoms with Gasteiger partial charge in [-0.1, -0.05) is 0 Å². The fourth-order valence-corrected chi connectivity index (χ4v) is 5.45. The number of rotatable bonds is 4. The van der Waals surface area contributed by atoms with Crippen molar-refractivity contribution in [2.45, 2.75) is 69.4 Å². The number of likely N-dealkylation sites (tertiary alicyclic amines) is 3. The van der Waals surface area contributed by atoms with E-state index in [4.69, 9.17) is 5.10 Å². The van der Waals surface area contributed by atoms with Crippen molar-refractivity contribution < 1.29 is 9.59 Å². The van der Waals surface area contributed by atoms with Gasteiger partial charge in [-0.3, -0.25) is 19.2 Å². The molecule has 0 radical (unpaired) electrons. The third-order valence-electron chi connectivity index (χ3n) is 7.35. The van der Waals surface area contributed by atoms with Crippen molar-refractivity contribution in [2.75, 3.05) is 39.8 Å². The minimum atomic E-state index is 0.0722. The number of carbonyl (C=O) groups excluding carboxylic acids is 2. The summed E-state index contributed by atoms with van der Waals surface area (Å²) < 4.78 is 2.16. The summed E-state index contributed by atoms with van der Waals surface area (Å²) in [6.45, 7) is 4.38. The Morgan fingerprint density at radius 3 is 2.24 bits per heavy atom. The number of likely N-dealkylation sites (N-methyl/N-ethyl adjacent to an activating group) is 1. The van der Waals surface area contributed by atoms with Gasteiger partial charge in [-0.05, 0) is 65.0 Å². The third kappa shape index (κ3) is 3.58. The molecule has 2 amide bonds. The van der Waals surface area contributed by atoms with E-state index in [1.54, 1.807) is 0 Å². The van der Waals surface area contributed by atoms with Crippen LogP contribution in [0.2, 0.25) is 0 Å². The fraction of sp³-hybridized carbons (Fsp3) is 0.773. The van der Waals surface area contributed by atoms with E-state index in [1.165, 1.54) is 5.69 Å². The number of amides is 2. The normalized spacial score (nSPS) is 26.4. The summed E-state index contributed by atoms with van der Waals surface area (Å²) >= 11 is 0. The standard InChI is InChI=1S/C22H33N5O2/c1-24-10-4-5-19(24)22(29)26-13-8-17(9-14-26)27-20(16-6-7-16)18(15-23-27)21(28)25-11-2-3-12-25/h15-17,19H,2-14H2,1H3/t19-/m0/s1. The van der Waals surface area contributed by atoms with Crippen LogP contribution in [0.5, 0.6) is 0 Å². The van der Waals surface area contributed by atoms with E-state index in [0.29, 0.717) is 17.9 Å². The second kappa shape index (κ2) is 7.74. The molecule has 4 fully saturated rings. The van der Waals surface area contributed by atoms with Crippen LogP contribution >= 0.6 is 0 Å². The highest BCUT2D eigenvalue weighted by Gasteiger charge is 2.38. The van der Waals surface area contributed by atoms with Crippen LogP contribution in [0.15, 0.2) is 6.20 Å². The molecule has 4 aliphatic rings. The molecule has 0 unspecified atom stereocenters. The average molecular weight is 400 g/mol. The molecule has 158 valence electrons. The van der Waals surface area contributed by atoms with Crippen molar-refractivity contribution in [3.8, 4) is 0 Å². The molecule has 7 heteroatoms. The molecule has 1 aliphatic carbocycles. The van der Waals surface area contributed by atoms with E-state index < -0.39 is 0 Å². The Balaban J connectivity index is 1.28. The van der Waals surface area contributed by atoms with Crippen LogP contribution in [-0.4, -0.2) is 82.1 Å². The molecule has 1 saturated carbocycles. The number of nitrogens with zero attached hydrogens (tertiary/aromatic N) is 5. The van der Waals surface area contributed by atoms with Gasteiger partial charge in [0.05, 0.1) is 29.5 Å². The van der Waals surface area contributed by atoms with Crippen molar-refractivity contribution in [1.29, 1.82) is 0 Å². The molecule has 0 spiro atoms. The maximum absolute atomic E-state index is 13.0. The number of hydrogen-bond donors (Lipinski definition) is 0. The Labute approximate surface area is 173 Å². The maximum atomic E-state index is 13.0. The molecule has 0 bridgehead atoms. The summed E-state index contributed by atoms with van der Waals surface area (Å²) in [6, 6.07) is 0.374. The minimum Gasteiger partial charge on any atom is -0.341 e. The summed E-state index contributed by atoms with van der Waals surface area (Å²) in [7, 11) is 2.06. The highest BCUT2D eigenvalue weighted by Crippen LogP contribution is 2.43. The monoisotopic (exact) mass is 399 g/mol. The SMILES string of the molecule is CN1CCC[C@H]1C(=O)N1CCC(n2ncc(C(=O)N3CCCC3)c2C2CC2)CC1. The van der Waals surface area contributed by atoms with Crippen LogP contribution in [0.4, 0.5) is 0 Å². The van der Waals surface area contributed by atoms with Gasteiger partial charge in [0.25, 0.3) is 5.91 Å². The summed E-state index contributed by atoms with van der Waals surface area (Å²) in [6.07, 6.45) is 10.3. The maximum Gasteiger partial charge on any atom is 0.257 e. The van der Waals surface area contributed by atoms with Crippen LogP contribution in [-0.2, 0) is 4.79 Å². The lowest BCUT2D eigenvalue weighted by atomic mass is 10.0. The molecule has 1 aromatic rings. The van der Waals surface area contributed by atoms with Gasteiger partial charge < -0.3 is 9.80 Å². The van der Waals surface area contributed by atoms with Gasteiger partial charge >= 0.3 is 0 Å². The van der Waals surface area contributed by atoms with E-state index in [-0.39, 0.29) is 11.9 Å². The predicted octanol–water partition coefficient (Wildman–Crippen LogP) is 2.25. The van der Waals surface area contributed by atoms with E-state index in [9.17, 15) is 9.59 Å². The number of hydrogen-bond acceptors (Lipinski definition) is 4. The second-order valence-corrected chi connectivity index (χ2v) is 9.36. The zero-order valence-corrected chi connectivity index (χ0v) is 17.6. The molecule has 7 nitrogen and oxygen atoms in total. The van der Waals surface area contributed by atoms with Gasteiger partial charge in [-0.2, -0.15) is 5.10 Å². The first-order chi connectivity index (χ1) is 14.1. The average Bonchev–Trinajstić information content (AvgIpc) is 3.15. The Morgan fingerprint density at radius 1 is 0.897 bits per heavy atom. The van der Waals surface area contributed by atoms with Crippen LogP contribution < -0.4 is 0 Å². The molecular weight excluding hydrogens is 366 g/mol. The molecule has 3 aliphatic heterocycles. The van der Waals surface area contributed by atoms with Crippen molar-refractivity contribution in [1.82, 2.24) is 24.5 Å². The van der Waals surface area contributed by atoms with Crippen LogP contribution in [0.1, 0.15) is 79.4 Å². The molecule has 5 rings (SSSR count). The van der Waals surface area contributed by atoms with Gasteiger partial charge in [0.2, 0.25) is 5.91 Å². The highest BCUT2D eigenvalue weighted by molar-refractivity contribution is 5.95. The first-order valence-corrected chi connectivity index (χ1v) is 11.5. The Morgan fingerprint density at radius 2 is 1.62 bits per heavy atom. The second-order valence-electron chi connectivity index (χ2n) is 9.36. The smallest absolute Gasteiger partial charge is 0.257 e. The van der Waals surface area contributed by atoms with Crippen LogP contribution in [0.25, 0.3) is 0 Å². The Kier molecular flexibility index (Phi) is 5.10. The summed E-state index contributed by atoms with van der Waals surface area (Å²) in [5.41, 5.74) is 2.00. The molecule has 3 saturated heterocycles. The van der Waals surface area contributed by atoms with Crippen LogP contribution in [0, 0.1) is 0 Å². The number of carbonyl (C=O) groups is 2. The van der Waals surface area contributed by atoms with E-state index in [0.717, 1.165) is 89.7 Å².